The molecule has 5 rings (SSSR count). The number of alkyl halides is 3. The molecule has 13 heteroatoms. The molecule has 1 amide bonds. The molecule has 0 aromatic carbocycles. The smallest absolute Gasteiger partial charge is 0.434 e. The first-order valence-electron chi connectivity index (χ1n) is 10.7. The molecule has 0 aliphatic carbocycles. The van der Waals surface area contributed by atoms with Gasteiger partial charge in [0.15, 0.2) is 10.8 Å². The highest BCUT2D eigenvalue weighted by atomic mass is 35.5. The Kier molecular flexibility index (Phi) is 6.17. The summed E-state index contributed by atoms with van der Waals surface area (Å²) in [6, 6.07) is 1.76. The maximum Gasteiger partial charge on any atom is 0.434 e. The number of fused-ring (bicyclic) bond motifs is 1. The summed E-state index contributed by atoms with van der Waals surface area (Å²) in [6.07, 6.45) is 2.46. The van der Waals surface area contributed by atoms with Crippen molar-refractivity contribution in [3.8, 4) is 5.75 Å². The highest BCUT2D eigenvalue weighted by molar-refractivity contribution is 7.15. The third-order valence-electron chi connectivity index (χ3n) is 5.77. The van der Waals surface area contributed by atoms with Crippen molar-refractivity contribution in [3.05, 3.63) is 75.2 Å². The van der Waals surface area contributed by atoms with Gasteiger partial charge in [0.25, 0.3) is 5.91 Å². The first-order chi connectivity index (χ1) is 17.1. The third-order valence-corrected chi connectivity index (χ3v) is 7.08. The van der Waals surface area contributed by atoms with Gasteiger partial charge in [0.2, 0.25) is 0 Å². The van der Waals surface area contributed by atoms with Crippen molar-refractivity contribution >= 4 is 39.5 Å². The second kappa shape index (κ2) is 9.17. The Morgan fingerprint density at radius 3 is 2.61 bits per heavy atom. The summed E-state index contributed by atoms with van der Waals surface area (Å²) >= 11 is 7.55. The molecule has 3 aromatic heterocycles. The Balaban J connectivity index is 1.29. The lowest BCUT2D eigenvalue weighted by Crippen LogP contribution is -2.27. The van der Waals surface area contributed by atoms with Crippen molar-refractivity contribution in [1.29, 1.82) is 0 Å². The van der Waals surface area contributed by atoms with Crippen LogP contribution in [0.2, 0.25) is 5.15 Å². The van der Waals surface area contributed by atoms with Crippen LogP contribution in [0.1, 0.15) is 39.2 Å². The molecule has 0 saturated carbocycles. The number of hydrogen-bond acceptors (Lipinski definition) is 8. The van der Waals surface area contributed by atoms with Gasteiger partial charge in [-0.25, -0.2) is 19.9 Å². The molecule has 2 aliphatic rings. The minimum Gasteiger partial charge on any atom is -0.494 e. The molecule has 0 saturated heterocycles. The zero-order valence-corrected chi connectivity index (χ0v) is 20.6. The number of amides is 1. The number of ether oxygens (including phenoxy) is 1. The van der Waals surface area contributed by atoms with Crippen LogP contribution in [-0.2, 0) is 19.3 Å². The van der Waals surface area contributed by atoms with E-state index in [-0.39, 0.29) is 12.2 Å². The molecule has 0 atom stereocenters. The summed E-state index contributed by atoms with van der Waals surface area (Å²) in [5, 5.41) is 1.17. The van der Waals surface area contributed by atoms with E-state index in [0.717, 1.165) is 38.7 Å². The first-order valence-corrected chi connectivity index (χ1v) is 11.9. The lowest BCUT2D eigenvalue weighted by atomic mass is 10.0. The Bertz CT molecular complexity index is 1380. The zero-order chi connectivity index (χ0) is 25.6. The van der Waals surface area contributed by atoms with Crippen LogP contribution in [0.5, 0.6) is 5.75 Å². The fourth-order valence-corrected chi connectivity index (χ4v) is 5.26. The maximum atomic E-state index is 12.7. The normalized spacial score (nSPS) is 15.5. The van der Waals surface area contributed by atoms with Gasteiger partial charge in [0, 0.05) is 17.8 Å². The number of aromatic nitrogens is 4. The predicted octanol–water partition coefficient (Wildman–Crippen LogP) is 4.97. The SMILES string of the molecule is COc1cnc(Cl)cc1C1=CCN(c2nc3c(s2)CN(C(=O)c2cnc(C(F)(F)F)cn2)C3)C(C)=C1. The summed E-state index contributed by atoms with van der Waals surface area (Å²) in [6.45, 7) is 3.11. The van der Waals surface area contributed by atoms with Crippen molar-refractivity contribution in [1.82, 2.24) is 24.8 Å². The molecular formula is C23H18ClF3N6O2S. The van der Waals surface area contributed by atoms with Crippen molar-refractivity contribution in [2.75, 3.05) is 18.6 Å². The zero-order valence-electron chi connectivity index (χ0n) is 19.0. The molecule has 5 heterocycles. The molecule has 186 valence electrons. The summed E-state index contributed by atoms with van der Waals surface area (Å²) < 4.78 is 43.5. The second-order valence-electron chi connectivity index (χ2n) is 8.08. The molecule has 2 aliphatic heterocycles. The molecule has 0 bridgehead atoms. The summed E-state index contributed by atoms with van der Waals surface area (Å²) in [7, 11) is 1.58. The van der Waals surface area contributed by atoms with Gasteiger partial charge in [0.05, 0.1) is 49.4 Å². The number of hydrogen-bond donors (Lipinski definition) is 0. The number of pyridine rings is 1. The molecule has 0 N–H and O–H groups in total. The summed E-state index contributed by atoms with van der Waals surface area (Å²) in [5.74, 6) is 0.133. The minimum atomic E-state index is -4.61. The van der Waals surface area contributed by atoms with Crippen molar-refractivity contribution < 1.29 is 22.7 Å². The van der Waals surface area contributed by atoms with Crippen LogP contribution in [0.15, 0.2) is 42.5 Å². The number of halogens is 4. The van der Waals surface area contributed by atoms with Crippen LogP contribution in [0.25, 0.3) is 5.57 Å². The van der Waals surface area contributed by atoms with Crippen LogP contribution in [0.3, 0.4) is 0 Å². The third kappa shape index (κ3) is 4.53. The maximum absolute atomic E-state index is 12.7. The van der Waals surface area contributed by atoms with Gasteiger partial charge in [-0.15, -0.1) is 0 Å². The molecular weight excluding hydrogens is 517 g/mol. The minimum absolute atomic E-state index is 0.141. The average molecular weight is 535 g/mol. The molecule has 0 fully saturated rings. The quantitative estimate of drug-likeness (QED) is 0.437. The van der Waals surface area contributed by atoms with Crippen LogP contribution < -0.4 is 9.64 Å². The van der Waals surface area contributed by atoms with Gasteiger partial charge in [-0.1, -0.05) is 29.0 Å². The van der Waals surface area contributed by atoms with E-state index in [2.05, 4.69) is 19.9 Å². The lowest BCUT2D eigenvalue weighted by molar-refractivity contribution is -0.141. The highest BCUT2D eigenvalue weighted by Crippen LogP contribution is 2.38. The number of carbonyl (C=O) groups excluding carboxylic acids is 1. The Labute approximate surface area is 212 Å². The largest absolute Gasteiger partial charge is 0.494 e. The van der Waals surface area contributed by atoms with Crippen LogP contribution >= 0.6 is 22.9 Å². The number of anilines is 1. The second-order valence-corrected chi connectivity index (χ2v) is 9.52. The molecule has 0 radical (unpaired) electrons. The predicted molar refractivity (Wildman–Crippen MR) is 128 cm³/mol. The van der Waals surface area contributed by atoms with Crippen LogP contribution in [0.4, 0.5) is 18.3 Å². The van der Waals surface area contributed by atoms with E-state index in [1.165, 1.54) is 16.2 Å². The van der Waals surface area contributed by atoms with E-state index in [0.29, 0.717) is 30.2 Å². The van der Waals surface area contributed by atoms with E-state index >= 15 is 0 Å². The number of methoxy groups -OCH3 is 1. The number of allylic oxidation sites excluding steroid dienone is 3. The topological polar surface area (TPSA) is 84.3 Å². The van der Waals surface area contributed by atoms with Crippen molar-refractivity contribution in [3.63, 3.8) is 0 Å². The summed E-state index contributed by atoms with van der Waals surface area (Å²) in [4.78, 5) is 33.0. The molecule has 0 spiro atoms. The number of carbonyl (C=O) groups is 1. The van der Waals surface area contributed by atoms with Gasteiger partial charge in [-0.3, -0.25) is 4.79 Å². The molecule has 36 heavy (non-hydrogen) atoms. The molecule has 8 nitrogen and oxygen atoms in total. The van der Waals surface area contributed by atoms with Gasteiger partial charge >= 0.3 is 6.18 Å². The van der Waals surface area contributed by atoms with Gasteiger partial charge < -0.3 is 14.5 Å². The van der Waals surface area contributed by atoms with Crippen molar-refractivity contribution in [2.45, 2.75) is 26.2 Å². The fraction of sp³-hybridized carbons (Fsp3) is 0.261. The van der Waals surface area contributed by atoms with E-state index in [1.54, 1.807) is 19.4 Å². The van der Waals surface area contributed by atoms with E-state index in [4.69, 9.17) is 21.3 Å². The lowest BCUT2D eigenvalue weighted by Gasteiger charge is -2.26. The first kappa shape index (κ1) is 24.2. The standard InChI is InChI=1S/C23H18ClF3N6O2S/c1-12-5-13(14-6-20(24)30-8-17(14)35-2)3-4-33(12)22-31-16-10-32(11-18(16)36-22)21(34)15-7-29-19(9-28-15)23(25,26)27/h3,5-9H,4,10-11H2,1-2H3. The van der Waals surface area contributed by atoms with E-state index in [1.807, 2.05) is 19.1 Å². The number of thiazole rings is 1. The van der Waals surface area contributed by atoms with E-state index < -0.39 is 17.8 Å². The number of nitrogens with zero attached hydrogens (tertiary/aromatic N) is 6. The van der Waals surface area contributed by atoms with Crippen LogP contribution in [-0.4, -0.2) is 44.4 Å². The monoisotopic (exact) mass is 534 g/mol. The molecule has 3 aromatic rings. The van der Waals surface area contributed by atoms with Gasteiger partial charge in [-0.05, 0) is 24.6 Å². The Morgan fingerprint density at radius 1 is 1.17 bits per heavy atom. The fourth-order valence-electron chi connectivity index (χ4n) is 3.95. The van der Waals surface area contributed by atoms with Crippen molar-refractivity contribution in [2.24, 2.45) is 0 Å². The van der Waals surface area contributed by atoms with E-state index in [9.17, 15) is 18.0 Å². The summed E-state index contributed by atoms with van der Waals surface area (Å²) in [5.41, 5.74) is 2.26. The van der Waals surface area contributed by atoms with Crippen LogP contribution in [0, 0.1) is 0 Å². The number of rotatable bonds is 4. The van der Waals surface area contributed by atoms with Gasteiger partial charge in [-0.2, -0.15) is 13.2 Å². The average Bonchev–Trinajstić information content (AvgIpc) is 3.42. The van der Waals surface area contributed by atoms with Gasteiger partial charge in [0.1, 0.15) is 16.6 Å². The Hall–Kier alpha value is -3.51. The molecule has 0 unspecified atom stereocenters. The highest BCUT2D eigenvalue weighted by Gasteiger charge is 2.34. The Morgan fingerprint density at radius 2 is 1.97 bits per heavy atom.